The van der Waals surface area contributed by atoms with Crippen molar-refractivity contribution in [3.63, 3.8) is 0 Å². The second-order valence-electron chi connectivity index (χ2n) is 1.81. The number of nitrogens with zero attached hydrogens (tertiary/aromatic N) is 2. The molecule has 0 saturated heterocycles. The third-order valence-electron chi connectivity index (χ3n) is 0.979. The molecular weight excluding hydrogens is 197 g/mol. The number of hydrogen-bond donors (Lipinski definition) is 2. The van der Waals surface area contributed by atoms with E-state index in [0.717, 1.165) is 0 Å². The van der Waals surface area contributed by atoms with E-state index in [1.165, 1.54) is 0 Å². The Labute approximate surface area is 71.8 Å². The Hall–Kier alpha value is -0.820. The molecule has 0 atom stereocenters. The fourth-order valence-corrected chi connectivity index (χ4v) is 0.513. The van der Waals surface area contributed by atoms with Crippen molar-refractivity contribution in [2.45, 2.75) is 12.7 Å². The Balaban J connectivity index is 0.00000121. The van der Waals surface area contributed by atoms with Gasteiger partial charge in [-0.2, -0.15) is 13.2 Å². The van der Waals surface area contributed by atoms with Crippen LogP contribution >= 0.6 is 12.4 Å². The summed E-state index contributed by atoms with van der Waals surface area (Å²) >= 11 is 0. The van der Waals surface area contributed by atoms with E-state index in [4.69, 9.17) is 5.73 Å². The van der Waals surface area contributed by atoms with Crippen molar-refractivity contribution in [1.82, 2.24) is 15.2 Å². The monoisotopic (exact) mass is 202 g/mol. The van der Waals surface area contributed by atoms with Gasteiger partial charge in [0.25, 0.3) is 5.82 Å². The van der Waals surface area contributed by atoms with Crippen LogP contribution in [0.4, 0.5) is 13.2 Å². The Morgan fingerprint density at radius 3 is 2.25 bits per heavy atom. The second kappa shape index (κ2) is 3.72. The lowest BCUT2D eigenvalue weighted by atomic mass is 10.6. The number of nitrogens with one attached hydrogen (secondary N) is 1. The molecular formula is C4H6ClF3N4. The van der Waals surface area contributed by atoms with Crippen molar-refractivity contribution < 1.29 is 13.2 Å². The first-order chi connectivity index (χ1) is 5.04. The van der Waals surface area contributed by atoms with Crippen LogP contribution in [0.25, 0.3) is 0 Å². The van der Waals surface area contributed by atoms with Crippen molar-refractivity contribution >= 4 is 12.4 Å². The first-order valence-corrected chi connectivity index (χ1v) is 2.72. The van der Waals surface area contributed by atoms with E-state index in [0.29, 0.717) is 0 Å². The molecule has 12 heavy (non-hydrogen) atoms. The van der Waals surface area contributed by atoms with Crippen LogP contribution in [0.1, 0.15) is 11.6 Å². The van der Waals surface area contributed by atoms with Gasteiger partial charge in [0.2, 0.25) is 0 Å². The summed E-state index contributed by atoms with van der Waals surface area (Å²) in [6.45, 7) is -0.0803. The summed E-state index contributed by atoms with van der Waals surface area (Å²) in [6.07, 6.45) is -4.50. The lowest BCUT2D eigenvalue weighted by Crippen LogP contribution is -2.07. The molecule has 0 aliphatic heterocycles. The molecule has 3 N–H and O–H groups in total. The number of alkyl halides is 3. The van der Waals surface area contributed by atoms with Crippen LogP contribution in [-0.2, 0) is 12.7 Å². The van der Waals surface area contributed by atoms with Crippen LogP contribution in [0.5, 0.6) is 0 Å². The summed E-state index contributed by atoms with van der Waals surface area (Å²) < 4.78 is 35.3. The summed E-state index contributed by atoms with van der Waals surface area (Å²) in [6, 6.07) is 0. The number of aromatic amines is 1. The van der Waals surface area contributed by atoms with E-state index < -0.39 is 12.0 Å². The zero-order valence-corrected chi connectivity index (χ0v) is 6.54. The molecule has 0 amide bonds. The van der Waals surface area contributed by atoms with Gasteiger partial charge in [0.1, 0.15) is 5.82 Å². The minimum Gasteiger partial charge on any atom is -0.324 e. The molecule has 0 aliphatic rings. The molecule has 70 valence electrons. The van der Waals surface area contributed by atoms with Gasteiger partial charge in [-0.3, -0.25) is 5.10 Å². The maximum absolute atomic E-state index is 11.8. The predicted octanol–water partition coefficient (Wildman–Crippen LogP) is 0.704. The highest BCUT2D eigenvalue weighted by molar-refractivity contribution is 5.85. The highest BCUT2D eigenvalue weighted by atomic mass is 35.5. The first kappa shape index (κ1) is 11.2. The largest absolute Gasteiger partial charge is 0.453 e. The lowest BCUT2D eigenvalue weighted by Gasteiger charge is -1.96. The zero-order chi connectivity index (χ0) is 8.48. The summed E-state index contributed by atoms with van der Waals surface area (Å²) in [7, 11) is 0. The third kappa shape index (κ3) is 2.35. The third-order valence-corrected chi connectivity index (χ3v) is 0.979. The number of rotatable bonds is 1. The molecule has 0 spiro atoms. The molecule has 0 saturated carbocycles. The van der Waals surface area contributed by atoms with Gasteiger partial charge in [0.15, 0.2) is 0 Å². The summed E-state index contributed by atoms with van der Waals surface area (Å²) in [5.41, 5.74) is 5.01. The van der Waals surface area contributed by atoms with Crippen LogP contribution in [0, 0.1) is 0 Å². The number of aromatic nitrogens is 3. The maximum atomic E-state index is 11.8. The second-order valence-corrected chi connectivity index (χ2v) is 1.81. The van der Waals surface area contributed by atoms with Gasteiger partial charge in [0.05, 0.1) is 6.54 Å². The molecule has 0 fully saturated rings. The van der Waals surface area contributed by atoms with E-state index in [1.807, 2.05) is 0 Å². The maximum Gasteiger partial charge on any atom is 0.453 e. The molecule has 0 aromatic carbocycles. The van der Waals surface area contributed by atoms with Gasteiger partial charge in [-0.15, -0.1) is 17.5 Å². The van der Waals surface area contributed by atoms with Gasteiger partial charge >= 0.3 is 6.18 Å². The van der Waals surface area contributed by atoms with E-state index in [1.54, 1.807) is 0 Å². The smallest absolute Gasteiger partial charge is 0.324 e. The molecule has 4 nitrogen and oxygen atoms in total. The molecule has 0 radical (unpaired) electrons. The standard InChI is InChI=1S/C4H5F3N4.ClH/c5-4(6,7)3-9-2(1-8)10-11-3;/h1,8H2,(H,9,10,11);1H. The van der Waals surface area contributed by atoms with Crippen LogP contribution in [0.3, 0.4) is 0 Å². The van der Waals surface area contributed by atoms with Crippen molar-refractivity contribution in [3.8, 4) is 0 Å². The van der Waals surface area contributed by atoms with E-state index in [9.17, 15) is 13.2 Å². The summed E-state index contributed by atoms with van der Waals surface area (Å²) in [4.78, 5) is 3.08. The molecule has 1 rings (SSSR count). The Morgan fingerprint density at radius 2 is 2.00 bits per heavy atom. The minimum atomic E-state index is -4.50. The molecule has 1 aromatic rings. The Bertz CT molecular complexity index is 245. The van der Waals surface area contributed by atoms with Crippen molar-refractivity contribution in [2.75, 3.05) is 0 Å². The average molecular weight is 203 g/mol. The number of hydrogen-bond acceptors (Lipinski definition) is 3. The zero-order valence-electron chi connectivity index (χ0n) is 5.72. The predicted molar refractivity (Wildman–Crippen MR) is 36.5 cm³/mol. The van der Waals surface area contributed by atoms with Gasteiger partial charge < -0.3 is 5.73 Å². The molecule has 0 unspecified atom stereocenters. The summed E-state index contributed by atoms with van der Waals surface area (Å²) in [5.74, 6) is -1.16. The SMILES string of the molecule is Cl.NCc1nc(C(F)(F)F)n[nH]1. The molecule has 1 aromatic heterocycles. The van der Waals surface area contributed by atoms with Crippen molar-refractivity contribution in [3.05, 3.63) is 11.6 Å². The lowest BCUT2D eigenvalue weighted by molar-refractivity contribution is -0.144. The minimum absolute atomic E-state index is 0. The topological polar surface area (TPSA) is 67.6 Å². The highest BCUT2D eigenvalue weighted by Gasteiger charge is 2.35. The summed E-state index contributed by atoms with van der Waals surface area (Å²) in [5, 5.41) is 4.97. The fraction of sp³-hybridized carbons (Fsp3) is 0.500. The van der Waals surface area contributed by atoms with E-state index >= 15 is 0 Å². The number of H-pyrrole nitrogens is 1. The Kier molecular flexibility index (Phi) is 3.47. The first-order valence-electron chi connectivity index (χ1n) is 2.72. The van der Waals surface area contributed by atoms with E-state index in [2.05, 4.69) is 15.2 Å². The highest BCUT2D eigenvalue weighted by Crippen LogP contribution is 2.25. The van der Waals surface area contributed by atoms with Crippen LogP contribution in [-0.4, -0.2) is 15.2 Å². The quantitative estimate of drug-likeness (QED) is 0.705. The molecule has 0 bridgehead atoms. The van der Waals surface area contributed by atoms with E-state index in [-0.39, 0.29) is 24.8 Å². The Morgan fingerprint density at radius 1 is 1.42 bits per heavy atom. The van der Waals surface area contributed by atoms with Crippen LogP contribution in [0.2, 0.25) is 0 Å². The van der Waals surface area contributed by atoms with Gasteiger partial charge in [0, 0.05) is 0 Å². The molecule has 0 aliphatic carbocycles. The van der Waals surface area contributed by atoms with Gasteiger partial charge in [-0.25, -0.2) is 4.98 Å². The number of nitrogens with two attached hydrogens (primary N) is 1. The van der Waals surface area contributed by atoms with Crippen LogP contribution in [0.15, 0.2) is 0 Å². The van der Waals surface area contributed by atoms with Gasteiger partial charge in [-0.1, -0.05) is 0 Å². The normalized spacial score (nSPS) is 11.0. The molecule has 1 heterocycles. The van der Waals surface area contributed by atoms with Gasteiger partial charge in [-0.05, 0) is 0 Å². The van der Waals surface area contributed by atoms with Crippen LogP contribution < -0.4 is 5.73 Å². The molecule has 8 heteroatoms. The van der Waals surface area contributed by atoms with Crippen molar-refractivity contribution in [2.24, 2.45) is 5.73 Å². The fourth-order valence-electron chi connectivity index (χ4n) is 0.513. The van der Waals surface area contributed by atoms with Crippen molar-refractivity contribution in [1.29, 1.82) is 0 Å². The number of halogens is 4. The average Bonchev–Trinajstić information content (AvgIpc) is 2.32.